The molecule has 2 N–H and O–H groups in total. The fourth-order valence-electron chi connectivity index (χ4n) is 0.660. The van der Waals surface area contributed by atoms with Crippen molar-refractivity contribution in [3.8, 4) is 0 Å². The summed E-state index contributed by atoms with van der Waals surface area (Å²) >= 11 is 0. The first-order valence-electron chi connectivity index (χ1n) is 2.86. The Balaban J connectivity index is 2.18. The molecule has 1 rings (SSSR count). The molecule has 0 bridgehead atoms. The van der Waals surface area contributed by atoms with Crippen LogP contribution in [0.1, 0.15) is 0 Å². The van der Waals surface area contributed by atoms with Gasteiger partial charge in [-0.3, -0.25) is 0 Å². The van der Waals surface area contributed by atoms with Crippen LogP contribution in [0.25, 0.3) is 0 Å². The number of nitrogens with one attached hydrogen (secondary N) is 1. The lowest BCUT2D eigenvalue weighted by molar-refractivity contribution is -0.126. The van der Waals surface area contributed by atoms with Gasteiger partial charge >= 0.3 is 6.09 Å². The molecule has 0 aliphatic carbocycles. The van der Waals surface area contributed by atoms with E-state index in [9.17, 15) is 9.18 Å². The smallest absolute Gasteiger partial charge is 0.404 e. The van der Waals surface area contributed by atoms with Gasteiger partial charge in [0.1, 0.15) is 0 Å². The minimum absolute atomic E-state index is 0.00667. The summed E-state index contributed by atoms with van der Waals surface area (Å²) in [7, 11) is 0. The first-order valence-corrected chi connectivity index (χ1v) is 2.86. The van der Waals surface area contributed by atoms with Crippen molar-refractivity contribution in [3.05, 3.63) is 0 Å². The normalized spacial score (nSPS) is 21.3. The number of carbonyl (C=O) groups is 1. The highest BCUT2D eigenvalue weighted by atomic mass is 19.1. The van der Waals surface area contributed by atoms with Crippen molar-refractivity contribution in [3.63, 3.8) is 0 Å². The van der Waals surface area contributed by atoms with Crippen LogP contribution in [0.5, 0.6) is 0 Å². The molecule has 0 aromatic rings. The number of rotatable bonds is 2. The van der Waals surface area contributed by atoms with Gasteiger partial charge in [-0.2, -0.15) is 0 Å². The Morgan fingerprint density at radius 2 is 2.40 bits per heavy atom. The Hall–Kier alpha value is -0.840. The van der Waals surface area contributed by atoms with Crippen LogP contribution in [0, 0.1) is 0 Å². The predicted molar refractivity (Wildman–Crippen MR) is 30.7 cm³/mol. The highest BCUT2D eigenvalue weighted by Crippen LogP contribution is 2.20. The summed E-state index contributed by atoms with van der Waals surface area (Å²) in [4.78, 5) is 9.87. The van der Waals surface area contributed by atoms with Gasteiger partial charge in [0.25, 0.3) is 0 Å². The van der Waals surface area contributed by atoms with Crippen molar-refractivity contribution in [2.24, 2.45) is 0 Å². The van der Waals surface area contributed by atoms with Gasteiger partial charge in [0.05, 0.1) is 19.8 Å². The van der Waals surface area contributed by atoms with Crippen LogP contribution >= 0.6 is 0 Å². The average Bonchev–Trinajstić information content (AvgIpc) is 1.79. The SMILES string of the molecule is O=C(O)NCC1(F)COC1. The molecule has 5 heteroatoms. The van der Waals surface area contributed by atoms with Gasteiger partial charge in [-0.25, -0.2) is 9.18 Å². The number of alkyl halides is 1. The third kappa shape index (κ3) is 1.57. The third-order valence-corrected chi connectivity index (χ3v) is 1.28. The molecule has 58 valence electrons. The van der Waals surface area contributed by atoms with E-state index in [-0.39, 0.29) is 19.8 Å². The van der Waals surface area contributed by atoms with Gasteiger partial charge in [-0.1, -0.05) is 0 Å². The minimum atomic E-state index is -1.46. The van der Waals surface area contributed by atoms with Crippen LogP contribution in [-0.4, -0.2) is 36.6 Å². The highest BCUT2D eigenvalue weighted by molar-refractivity contribution is 5.64. The van der Waals surface area contributed by atoms with Crippen LogP contribution in [0.15, 0.2) is 0 Å². The summed E-state index contributed by atoms with van der Waals surface area (Å²) < 4.78 is 17.4. The summed E-state index contributed by atoms with van der Waals surface area (Å²) in [5.74, 6) is 0. The van der Waals surface area contributed by atoms with Crippen LogP contribution in [-0.2, 0) is 4.74 Å². The molecular weight excluding hydrogens is 141 g/mol. The molecule has 0 saturated carbocycles. The molecule has 0 atom stereocenters. The zero-order chi connectivity index (χ0) is 7.61. The first kappa shape index (κ1) is 7.27. The molecule has 1 aliphatic heterocycles. The van der Waals surface area contributed by atoms with E-state index in [1.165, 1.54) is 0 Å². The van der Waals surface area contributed by atoms with E-state index in [0.29, 0.717) is 0 Å². The monoisotopic (exact) mass is 149 g/mol. The number of hydrogen-bond donors (Lipinski definition) is 2. The first-order chi connectivity index (χ1) is 4.62. The predicted octanol–water partition coefficient (Wildman–Crippen LogP) is -0.00750. The summed E-state index contributed by atoms with van der Waals surface area (Å²) in [6.07, 6.45) is -1.20. The van der Waals surface area contributed by atoms with Gasteiger partial charge in [0.15, 0.2) is 5.67 Å². The van der Waals surface area contributed by atoms with Gasteiger partial charge in [-0.15, -0.1) is 0 Å². The van der Waals surface area contributed by atoms with Crippen LogP contribution in [0.3, 0.4) is 0 Å². The molecule has 0 radical (unpaired) electrons. The fourth-order valence-corrected chi connectivity index (χ4v) is 0.660. The van der Waals surface area contributed by atoms with E-state index < -0.39 is 11.8 Å². The number of ether oxygens (including phenoxy) is 1. The number of carboxylic acid groups (broad SMARTS) is 1. The number of halogens is 1. The molecule has 0 aromatic heterocycles. The lowest BCUT2D eigenvalue weighted by Gasteiger charge is -2.33. The molecule has 4 nitrogen and oxygen atoms in total. The van der Waals surface area contributed by atoms with Gasteiger partial charge in [-0.05, 0) is 0 Å². The van der Waals surface area contributed by atoms with Crippen LogP contribution in [0.4, 0.5) is 9.18 Å². The quantitative estimate of drug-likeness (QED) is 0.580. The topological polar surface area (TPSA) is 58.6 Å². The Bertz CT molecular complexity index is 146. The molecule has 1 aliphatic rings. The van der Waals surface area contributed by atoms with Crippen molar-refractivity contribution in [2.75, 3.05) is 19.8 Å². The Labute approximate surface area is 57.0 Å². The van der Waals surface area contributed by atoms with E-state index in [0.717, 1.165) is 0 Å². The third-order valence-electron chi connectivity index (χ3n) is 1.28. The molecule has 1 heterocycles. The molecular formula is C5H8FNO3. The van der Waals surface area contributed by atoms with E-state index in [1.54, 1.807) is 0 Å². The van der Waals surface area contributed by atoms with E-state index in [1.807, 2.05) is 5.32 Å². The Morgan fingerprint density at radius 1 is 1.80 bits per heavy atom. The highest BCUT2D eigenvalue weighted by Gasteiger charge is 2.38. The summed E-state index contributed by atoms with van der Waals surface area (Å²) in [5.41, 5.74) is -1.46. The van der Waals surface area contributed by atoms with Crippen molar-refractivity contribution in [2.45, 2.75) is 5.67 Å². The summed E-state index contributed by atoms with van der Waals surface area (Å²) in [5, 5.41) is 10.0. The molecule has 1 amide bonds. The lowest BCUT2D eigenvalue weighted by atomic mass is 10.1. The minimum Gasteiger partial charge on any atom is -0.465 e. The van der Waals surface area contributed by atoms with E-state index >= 15 is 0 Å². The largest absolute Gasteiger partial charge is 0.465 e. The standard InChI is InChI=1S/C5H8FNO3/c6-5(2-10-3-5)1-7-4(8)9/h7H,1-3H2,(H,8,9). The van der Waals surface area contributed by atoms with Crippen molar-refractivity contribution in [1.29, 1.82) is 0 Å². The lowest BCUT2D eigenvalue weighted by Crippen LogP contribution is -2.53. The molecule has 0 aromatic carbocycles. The van der Waals surface area contributed by atoms with Gasteiger partial charge in [0, 0.05) is 0 Å². The second-order valence-electron chi connectivity index (χ2n) is 2.30. The maximum atomic E-state index is 12.8. The Morgan fingerprint density at radius 3 is 2.70 bits per heavy atom. The molecule has 10 heavy (non-hydrogen) atoms. The van der Waals surface area contributed by atoms with E-state index in [4.69, 9.17) is 5.11 Å². The average molecular weight is 149 g/mol. The summed E-state index contributed by atoms with van der Waals surface area (Å²) in [6.45, 7) is -0.192. The van der Waals surface area contributed by atoms with Gasteiger partial charge < -0.3 is 15.2 Å². The molecule has 0 unspecified atom stereocenters. The zero-order valence-electron chi connectivity index (χ0n) is 5.26. The zero-order valence-corrected chi connectivity index (χ0v) is 5.26. The van der Waals surface area contributed by atoms with E-state index in [2.05, 4.69) is 4.74 Å². The van der Waals surface area contributed by atoms with Crippen molar-refractivity contribution < 1.29 is 19.0 Å². The number of amides is 1. The summed E-state index contributed by atoms with van der Waals surface area (Å²) in [6, 6.07) is 0. The number of hydrogen-bond acceptors (Lipinski definition) is 2. The molecule has 1 saturated heterocycles. The molecule has 0 spiro atoms. The van der Waals surface area contributed by atoms with Crippen LogP contribution in [0.2, 0.25) is 0 Å². The van der Waals surface area contributed by atoms with Gasteiger partial charge in [0.2, 0.25) is 0 Å². The fraction of sp³-hybridized carbons (Fsp3) is 0.800. The van der Waals surface area contributed by atoms with Crippen LogP contribution < -0.4 is 5.32 Å². The maximum Gasteiger partial charge on any atom is 0.404 e. The maximum absolute atomic E-state index is 12.8. The Kier molecular flexibility index (Phi) is 1.76. The van der Waals surface area contributed by atoms with Crippen molar-refractivity contribution >= 4 is 6.09 Å². The van der Waals surface area contributed by atoms with Crippen molar-refractivity contribution in [1.82, 2.24) is 5.32 Å². The second-order valence-corrected chi connectivity index (χ2v) is 2.30. The molecule has 1 fully saturated rings. The second kappa shape index (κ2) is 2.42.